The van der Waals surface area contributed by atoms with Crippen molar-refractivity contribution in [3.63, 3.8) is 0 Å². The van der Waals surface area contributed by atoms with Crippen molar-refractivity contribution < 1.29 is 4.74 Å². The Morgan fingerprint density at radius 3 is 2.81 bits per heavy atom. The van der Waals surface area contributed by atoms with Gasteiger partial charge in [0.1, 0.15) is 5.75 Å². The van der Waals surface area contributed by atoms with Crippen molar-refractivity contribution in [3.8, 4) is 5.75 Å². The van der Waals surface area contributed by atoms with E-state index in [0.717, 1.165) is 12.3 Å². The zero-order valence-corrected chi connectivity index (χ0v) is 13.3. The lowest BCUT2D eigenvalue weighted by atomic mass is 10.00. The molecule has 2 nitrogen and oxygen atoms in total. The summed E-state index contributed by atoms with van der Waals surface area (Å²) in [6, 6.07) is 17.3. The summed E-state index contributed by atoms with van der Waals surface area (Å²) >= 11 is 1.97. The average Bonchev–Trinajstić information content (AvgIpc) is 2.96. The zero-order valence-electron chi connectivity index (χ0n) is 12.5. The fraction of sp³-hybridized carbons (Fsp3) is 0.333. The number of methoxy groups -OCH3 is 1. The first kappa shape index (κ1) is 14.5. The van der Waals surface area contributed by atoms with Crippen molar-refractivity contribution in [1.29, 1.82) is 0 Å². The maximum Gasteiger partial charge on any atom is 0.123 e. The molecule has 1 heterocycles. The monoisotopic (exact) mass is 299 g/mol. The van der Waals surface area contributed by atoms with E-state index in [4.69, 9.17) is 4.74 Å². The van der Waals surface area contributed by atoms with E-state index in [-0.39, 0.29) is 0 Å². The molecule has 3 heteroatoms. The van der Waals surface area contributed by atoms with Crippen LogP contribution in [0.25, 0.3) is 0 Å². The van der Waals surface area contributed by atoms with Gasteiger partial charge in [-0.2, -0.15) is 0 Å². The minimum Gasteiger partial charge on any atom is -0.496 e. The topological polar surface area (TPSA) is 21.3 Å². The van der Waals surface area contributed by atoms with Gasteiger partial charge in [-0.3, -0.25) is 0 Å². The molecule has 0 saturated heterocycles. The summed E-state index contributed by atoms with van der Waals surface area (Å²) in [5.74, 6) is 2.73. The summed E-state index contributed by atoms with van der Waals surface area (Å²) < 4.78 is 5.45. The third-order valence-corrected chi connectivity index (χ3v) is 5.33. The van der Waals surface area contributed by atoms with Gasteiger partial charge in [-0.15, -0.1) is 11.8 Å². The van der Waals surface area contributed by atoms with E-state index >= 15 is 0 Å². The van der Waals surface area contributed by atoms with Crippen molar-refractivity contribution >= 4 is 11.8 Å². The molecule has 2 atom stereocenters. The number of benzene rings is 2. The number of fused-ring (bicyclic) bond motifs is 1. The van der Waals surface area contributed by atoms with E-state index in [1.165, 1.54) is 21.8 Å². The summed E-state index contributed by atoms with van der Waals surface area (Å²) in [5, 5.41) is 3.66. The Labute approximate surface area is 130 Å². The molecule has 1 aliphatic heterocycles. The van der Waals surface area contributed by atoms with Crippen LogP contribution in [0.1, 0.15) is 30.0 Å². The molecule has 0 aromatic heterocycles. The standard InChI is InChI=1S/C18H21NOS/c1-13(15-7-3-5-9-17(15)20-2)19-11-14-12-21-18-10-6-4-8-16(14)18/h3-10,13-14,19H,11-12H2,1-2H3/t13-,14?/m0/s1. The summed E-state index contributed by atoms with van der Waals surface area (Å²) in [6.07, 6.45) is 0. The second-order valence-corrected chi connectivity index (χ2v) is 6.48. The quantitative estimate of drug-likeness (QED) is 0.892. The second kappa shape index (κ2) is 6.54. The van der Waals surface area contributed by atoms with E-state index in [1.54, 1.807) is 7.11 Å². The average molecular weight is 299 g/mol. The third-order valence-electron chi connectivity index (χ3n) is 4.07. The maximum absolute atomic E-state index is 5.45. The molecule has 0 amide bonds. The van der Waals surface area contributed by atoms with Crippen LogP contribution < -0.4 is 10.1 Å². The Bertz CT molecular complexity index is 614. The molecular weight excluding hydrogens is 278 g/mol. The molecule has 2 aromatic rings. The molecule has 1 unspecified atom stereocenters. The minimum absolute atomic E-state index is 0.291. The van der Waals surface area contributed by atoms with E-state index in [9.17, 15) is 0 Å². The van der Waals surface area contributed by atoms with E-state index in [1.807, 2.05) is 23.9 Å². The largest absolute Gasteiger partial charge is 0.496 e. The molecule has 21 heavy (non-hydrogen) atoms. The molecule has 1 N–H and O–H groups in total. The van der Waals surface area contributed by atoms with Crippen molar-refractivity contribution in [2.24, 2.45) is 0 Å². The Kier molecular flexibility index (Phi) is 4.51. The summed E-state index contributed by atoms with van der Waals surface area (Å²) in [5.41, 5.74) is 2.71. The van der Waals surface area contributed by atoms with Crippen molar-refractivity contribution in [2.45, 2.75) is 23.8 Å². The highest BCUT2D eigenvalue weighted by Gasteiger charge is 2.23. The molecule has 0 spiro atoms. The van der Waals surface area contributed by atoms with Crippen molar-refractivity contribution in [1.82, 2.24) is 5.32 Å². The first-order valence-corrected chi connectivity index (χ1v) is 8.36. The smallest absolute Gasteiger partial charge is 0.123 e. The summed E-state index contributed by atoms with van der Waals surface area (Å²) in [7, 11) is 1.73. The normalized spacial score (nSPS) is 18.3. The van der Waals surface area contributed by atoms with Gasteiger partial charge in [0.05, 0.1) is 7.11 Å². The lowest BCUT2D eigenvalue weighted by Crippen LogP contribution is -2.25. The molecule has 2 aromatic carbocycles. The fourth-order valence-corrected chi connectivity index (χ4v) is 4.11. The predicted octanol–water partition coefficient (Wildman–Crippen LogP) is 4.24. The van der Waals surface area contributed by atoms with Gasteiger partial charge in [0.15, 0.2) is 0 Å². The highest BCUT2D eigenvalue weighted by Crippen LogP contribution is 2.39. The van der Waals surface area contributed by atoms with Gasteiger partial charge >= 0.3 is 0 Å². The molecule has 0 bridgehead atoms. The number of hydrogen-bond acceptors (Lipinski definition) is 3. The lowest BCUT2D eigenvalue weighted by molar-refractivity contribution is 0.401. The van der Waals surface area contributed by atoms with Gasteiger partial charge in [-0.05, 0) is 24.6 Å². The Morgan fingerprint density at radius 2 is 1.95 bits per heavy atom. The first-order chi connectivity index (χ1) is 10.3. The van der Waals surface area contributed by atoms with Crippen LogP contribution in [0.5, 0.6) is 5.75 Å². The van der Waals surface area contributed by atoms with Crippen LogP contribution in [-0.4, -0.2) is 19.4 Å². The molecular formula is C18H21NOS. The number of rotatable bonds is 5. The molecule has 1 aliphatic rings. The molecule has 3 rings (SSSR count). The van der Waals surface area contributed by atoms with E-state index in [2.05, 4.69) is 48.6 Å². The van der Waals surface area contributed by atoms with Crippen LogP contribution in [0.2, 0.25) is 0 Å². The highest BCUT2D eigenvalue weighted by atomic mass is 32.2. The van der Waals surface area contributed by atoms with Gasteiger partial charge in [-0.25, -0.2) is 0 Å². The zero-order chi connectivity index (χ0) is 14.7. The number of ether oxygens (including phenoxy) is 1. The van der Waals surface area contributed by atoms with E-state index < -0.39 is 0 Å². The van der Waals surface area contributed by atoms with Crippen LogP contribution in [-0.2, 0) is 0 Å². The third kappa shape index (κ3) is 3.09. The molecule has 0 radical (unpaired) electrons. The van der Waals surface area contributed by atoms with Gasteiger partial charge in [0.2, 0.25) is 0 Å². The SMILES string of the molecule is COc1ccccc1[C@H](C)NCC1CSc2ccccc21. The molecule has 0 saturated carbocycles. The second-order valence-electron chi connectivity index (χ2n) is 5.42. The van der Waals surface area contributed by atoms with E-state index in [0.29, 0.717) is 12.0 Å². The minimum atomic E-state index is 0.291. The Balaban J connectivity index is 1.66. The molecule has 0 aliphatic carbocycles. The highest BCUT2D eigenvalue weighted by molar-refractivity contribution is 7.99. The van der Waals surface area contributed by atoms with Crippen LogP contribution in [0.15, 0.2) is 53.4 Å². The van der Waals surface area contributed by atoms with Crippen LogP contribution >= 0.6 is 11.8 Å². The number of hydrogen-bond donors (Lipinski definition) is 1. The number of para-hydroxylation sites is 1. The van der Waals surface area contributed by atoms with Gasteiger partial charge in [-0.1, -0.05) is 36.4 Å². The van der Waals surface area contributed by atoms with Crippen LogP contribution in [0.4, 0.5) is 0 Å². The van der Waals surface area contributed by atoms with Gasteiger partial charge in [0, 0.05) is 34.7 Å². The first-order valence-electron chi connectivity index (χ1n) is 7.37. The maximum atomic E-state index is 5.45. The van der Waals surface area contributed by atoms with Crippen molar-refractivity contribution in [2.75, 3.05) is 19.4 Å². The van der Waals surface area contributed by atoms with Gasteiger partial charge in [0.25, 0.3) is 0 Å². The summed E-state index contributed by atoms with van der Waals surface area (Å²) in [4.78, 5) is 1.44. The molecule has 0 fully saturated rings. The van der Waals surface area contributed by atoms with Gasteiger partial charge < -0.3 is 10.1 Å². The lowest BCUT2D eigenvalue weighted by Gasteiger charge is -2.20. The predicted molar refractivity (Wildman–Crippen MR) is 89.3 cm³/mol. The van der Waals surface area contributed by atoms with Crippen LogP contribution in [0.3, 0.4) is 0 Å². The van der Waals surface area contributed by atoms with Crippen LogP contribution in [0, 0.1) is 0 Å². The molecule has 110 valence electrons. The summed E-state index contributed by atoms with van der Waals surface area (Å²) in [6.45, 7) is 3.20. The Hall–Kier alpha value is -1.45. The Morgan fingerprint density at radius 1 is 1.19 bits per heavy atom. The van der Waals surface area contributed by atoms with Crippen molar-refractivity contribution in [3.05, 3.63) is 59.7 Å². The number of nitrogens with one attached hydrogen (secondary N) is 1. The fourth-order valence-electron chi connectivity index (χ4n) is 2.85. The number of thioether (sulfide) groups is 1.